The summed E-state index contributed by atoms with van der Waals surface area (Å²) in [7, 11) is 0. The largest absolute Gasteiger partial charge is 0.350 e. The summed E-state index contributed by atoms with van der Waals surface area (Å²) in [6, 6.07) is 12.6. The second-order valence-corrected chi connectivity index (χ2v) is 7.11. The fourth-order valence-corrected chi connectivity index (χ4v) is 3.69. The monoisotopic (exact) mass is 379 g/mol. The smallest absolute Gasteiger partial charge is 0.256 e. The van der Waals surface area contributed by atoms with Gasteiger partial charge in [0.05, 0.1) is 6.20 Å². The molecule has 0 aliphatic heterocycles. The minimum absolute atomic E-state index is 0.127. The number of benzene rings is 1. The molecule has 1 atom stereocenters. The Hall–Kier alpha value is -2.73. The van der Waals surface area contributed by atoms with Crippen LogP contribution in [-0.4, -0.2) is 51.1 Å². The summed E-state index contributed by atoms with van der Waals surface area (Å²) in [6.07, 6.45) is 2.50. The summed E-state index contributed by atoms with van der Waals surface area (Å²) in [4.78, 5) is 19.8. The van der Waals surface area contributed by atoms with Crippen molar-refractivity contribution in [2.45, 2.75) is 40.2 Å². The first kappa shape index (κ1) is 20.0. The molecule has 2 aromatic heterocycles. The molecule has 1 unspecified atom stereocenters. The Balaban J connectivity index is 1.76. The van der Waals surface area contributed by atoms with Crippen LogP contribution in [-0.2, 0) is 6.42 Å². The van der Waals surface area contributed by atoms with Gasteiger partial charge in [0.2, 0.25) is 0 Å². The molecule has 0 saturated carbocycles. The lowest BCUT2D eigenvalue weighted by molar-refractivity contribution is 0.0936. The summed E-state index contributed by atoms with van der Waals surface area (Å²) in [5.41, 5.74) is 4.25. The molecule has 2 heterocycles. The fraction of sp³-hybridized carbons (Fsp3) is 0.409. The first-order valence-corrected chi connectivity index (χ1v) is 9.91. The van der Waals surface area contributed by atoms with Crippen LogP contribution >= 0.6 is 0 Å². The summed E-state index contributed by atoms with van der Waals surface area (Å²) in [5, 5.41) is 7.44. The summed E-state index contributed by atoms with van der Waals surface area (Å²) in [5.74, 6) is -0.127. The predicted molar refractivity (Wildman–Crippen MR) is 112 cm³/mol. The molecule has 0 fully saturated rings. The number of aromatic nitrogens is 3. The second kappa shape index (κ2) is 8.97. The van der Waals surface area contributed by atoms with Gasteiger partial charge in [0.25, 0.3) is 5.91 Å². The van der Waals surface area contributed by atoms with Gasteiger partial charge in [-0.2, -0.15) is 5.10 Å². The Labute approximate surface area is 166 Å². The Morgan fingerprint density at radius 3 is 2.57 bits per heavy atom. The van der Waals surface area contributed by atoms with Crippen LogP contribution in [0.1, 0.15) is 41.2 Å². The number of hydrogen-bond donors (Lipinski definition) is 1. The number of amides is 1. The zero-order chi connectivity index (χ0) is 20.1. The first-order valence-electron chi connectivity index (χ1n) is 9.91. The van der Waals surface area contributed by atoms with E-state index >= 15 is 0 Å². The highest BCUT2D eigenvalue weighted by Gasteiger charge is 2.20. The molecule has 0 radical (unpaired) electrons. The number of hydrogen-bond acceptors (Lipinski definition) is 4. The van der Waals surface area contributed by atoms with Crippen LogP contribution in [0.2, 0.25) is 0 Å². The maximum atomic E-state index is 12.9. The van der Waals surface area contributed by atoms with Gasteiger partial charge in [0, 0.05) is 24.0 Å². The van der Waals surface area contributed by atoms with E-state index in [4.69, 9.17) is 0 Å². The number of rotatable bonds is 8. The van der Waals surface area contributed by atoms with Crippen LogP contribution in [0, 0.1) is 13.8 Å². The van der Waals surface area contributed by atoms with E-state index < -0.39 is 0 Å². The van der Waals surface area contributed by atoms with Crippen LogP contribution in [0.4, 0.5) is 0 Å². The van der Waals surface area contributed by atoms with E-state index in [1.807, 2.05) is 26.0 Å². The molecule has 1 N–H and O–H groups in total. The molecule has 28 heavy (non-hydrogen) atoms. The average molecular weight is 380 g/mol. The van der Waals surface area contributed by atoms with Crippen molar-refractivity contribution in [1.82, 2.24) is 24.8 Å². The van der Waals surface area contributed by atoms with Gasteiger partial charge in [-0.25, -0.2) is 9.50 Å². The highest BCUT2D eigenvalue weighted by molar-refractivity contribution is 5.99. The minimum Gasteiger partial charge on any atom is -0.350 e. The Morgan fingerprint density at radius 1 is 1.18 bits per heavy atom. The standard InChI is InChI=1S/C22H29N5O/c1-5-26(6-2)19(13-18-10-8-7-9-11-18)14-23-22(28)20-15-24-27-17(4)12-16(3)25-21(20)27/h7-12,15,19H,5-6,13-14H2,1-4H3,(H,23,28). The minimum atomic E-state index is -0.127. The number of fused-ring (bicyclic) bond motifs is 1. The maximum Gasteiger partial charge on any atom is 0.256 e. The fourth-order valence-electron chi connectivity index (χ4n) is 3.69. The highest BCUT2D eigenvalue weighted by atomic mass is 16.1. The van der Waals surface area contributed by atoms with Gasteiger partial charge in [-0.15, -0.1) is 0 Å². The van der Waals surface area contributed by atoms with E-state index in [2.05, 4.69) is 58.4 Å². The Kier molecular flexibility index (Phi) is 6.41. The normalized spacial score (nSPS) is 12.5. The second-order valence-electron chi connectivity index (χ2n) is 7.11. The zero-order valence-electron chi connectivity index (χ0n) is 17.1. The SMILES string of the molecule is CCN(CC)C(CNC(=O)c1cnn2c(C)cc(C)nc12)Cc1ccccc1. The third-order valence-electron chi connectivity index (χ3n) is 5.16. The lowest BCUT2D eigenvalue weighted by Crippen LogP contribution is -2.45. The van der Waals surface area contributed by atoms with Crippen molar-refractivity contribution in [2.24, 2.45) is 0 Å². The molecule has 0 aliphatic carbocycles. The lowest BCUT2D eigenvalue weighted by Gasteiger charge is -2.30. The van der Waals surface area contributed by atoms with E-state index in [1.165, 1.54) is 5.56 Å². The van der Waals surface area contributed by atoms with Crippen LogP contribution < -0.4 is 5.32 Å². The third-order valence-corrected chi connectivity index (χ3v) is 5.16. The van der Waals surface area contributed by atoms with Gasteiger partial charge < -0.3 is 5.32 Å². The molecule has 0 saturated heterocycles. The topological polar surface area (TPSA) is 62.5 Å². The molecule has 1 amide bonds. The molecule has 148 valence electrons. The average Bonchev–Trinajstić information content (AvgIpc) is 3.11. The van der Waals surface area contributed by atoms with E-state index in [0.29, 0.717) is 17.8 Å². The van der Waals surface area contributed by atoms with Crippen molar-refractivity contribution >= 4 is 11.6 Å². The molecule has 6 heteroatoms. The van der Waals surface area contributed by atoms with E-state index in [0.717, 1.165) is 30.9 Å². The lowest BCUT2D eigenvalue weighted by atomic mass is 10.0. The van der Waals surface area contributed by atoms with Crippen molar-refractivity contribution in [3.05, 3.63) is 65.1 Å². The van der Waals surface area contributed by atoms with Crippen molar-refractivity contribution in [3.63, 3.8) is 0 Å². The van der Waals surface area contributed by atoms with E-state index in [1.54, 1.807) is 10.7 Å². The number of likely N-dealkylation sites (N-methyl/N-ethyl adjacent to an activating group) is 1. The van der Waals surface area contributed by atoms with Crippen molar-refractivity contribution < 1.29 is 4.79 Å². The highest BCUT2D eigenvalue weighted by Crippen LogP contribution is 2.13. The van der Waals surface area contributed by atoms with Gasteiger partial charge in [0.15, 0.2) is 5.65 Å². The third kappa shape index (κ3) is 4.39. The Bertz CT molecular complexity index is 931. The molecular formula is C22H29N5O. The zero-order valence-corrected chi connectivity index (χ0v) is 17.1. The van der Waals surface area contributed by atoms with Gasteiger partial charge in [0.1, 0.15) is 5.56 Å². The maximum absolute atomic E-state index is 12.9. The quantitative estimate of drug-likeness (QED) is 0.653. The molecule has 0 bridgehead atoms. The van der Waals surface area contributed by atoms with Gasteiger partial charge >= 0.3 is 0 Å². The first-order chi connectivity index (χ1) is 13.5. The van der Waals surface area contributed by atoms with Gasteiger partial charge in [-0.05, 0) is 45.0 Å². The number of aryl methyl sites for hydroxylation is 2. The summed E-state index contributed by atoms with van der Waals surface area (Å²) < 4.78 is 1.72. The van der Waals surface area contributed by atoms with Crippen LogP contribution in [0.25, 0.3) is 5.65 Å². The van der Waals surface area contributed by atoms with Crippen LogP contribution in [0.5, 0.6) is 0 Å². The summed E-state index contributed by atoms with van der Waals surface area (Å²) in [6.45, 7) is 10.7. The Morgan fingerprint density at radius 2 is 1.89 bits per heavy atom. The molecule has 6 nitrogen and oxygen atoms in total. The number of nitrogens with zero attached hydrogens (tertiary/aromatic N) is 4. The number of carbonyl (C=O) groups is 1. The molecule has 3 rings (SSSR count). The molecule has 0 spiro atoms. The van der Waals surface area contributed by atoms with Gasteiger partial charge in [-0.3, -0.25) is 9.69 Å². The van der Waals surface area contributed by atoms with Crippen LogP contribution in [0.3, 0.4) is 0 Å². The number of carbonyl (C=O) groups excluding carboxylic acids is 1. The molecule has 0 aliphatic rings. The number of nitrogens with one attached hydrogen (secondary N) is 1. The van der Waals surface area contributed by atoms with E-state index in [-0.39, 0.29) is 11.9 Å². The van der Waals surface area contributed by atoms with Gasteiger partial charge in [-0.1, -0.05) is 44.2 Å². The van der Waals surface area contributed by atoms with E-state index in [9.17, 15) is 4.79 Å². The molecule has 3 aromatic rings. The molecular weight excluding hydrogens is 350 g/mol. The summed E-state index contributed by atoms with van der Waals surface area (Å²) >= 11 is 0. The van der Waals surface area contributed by atoms with Crippen molar-refractivity contribution in [3.8, 4) is 0 Å². The van der Waals surface area contributed by atoms with Crippen molar-refractivity contribution in [1.29, 1.82) is 0 Å². The van der Waals surface area contributed by atoms with Crippen LogP contribution in [0.15, 0.2) is 42.6 Å². The van der Waals surface area contributed by atoms with Crippen molar-refractivity contribution in [2.75, 3.05) is 19.6 Å². The predicted octanol–water partition coefficient (Wildman–Crippen LogP) is 3.03. The molecule has 1 aromatic carbocycles.